The molecule has 1 fully saturated rings. The fourth-order valence-electron chi connectivity index (χ4n) is 5.27. The second kappa shape index (κ2) is 14.3. The number of benzene rings is 3. The first-order valence-electron chi connectivity index (χ1n) is 14.1. The van der Waals surface area contributed by atoms with E-state index in [1.54, 1.807) is 12.1 Å². The highest BCUT2D eigenvalue weighted by molar-refractivity contribution is 7.89. The van der Waals surface area contributed by atoms with Gasteiger partial charge >= 0.3 is 12.1 Å². The van der Waals surface area contributed by atoms with Crippen molar-refractivity contribution in [3.8, 4) is 16.9 Å². The number of rotatable bonds is 10. The molecule has 8 nitrogen and oxygen atoms in total. The van der Waals surface area contributed by atoms with Gasteiger partial charge < -0.3 is 20.1 Å². The summed E-state index contributed by atoms with van der Waals surface area (Å²) in [6.07, 6.45) is -0.564. The summed E-state index contributed by atoms with van der Waals surface area (Å²) < 4.78 is 66.1. The molecule has 0 radical (unpaired) electrons. The number of carboxylic acid groups (broad SMARTS) is 1. The molecule has 232 valence electrons. The smallest absolute Gasteiger partial charge is 0.490 e. The van der Waals surface area contributed by atoms with E-state index in [0.717, 1.165) is 50.1 Å². The number of carboxylic acids is 1. The van der Waals surface area contributed by atoms with Gasteiger partial charge in [-0.3, -0.25) is 0 Å². The zero-order chi connectivity index (χ0) is 31.0. The van der Waals surface area contributed by atoms with E-state index in [1.165, 1.54) is 36.6 Å². The number of halogens is 3. The lowest BCUT2D eigenvalue weighted by Crippen LogP contribution is -2.33. The van der Waals surface area contributed by atoms with Crippen LogP contribution in [0.4, 0.5) is 13.2 Å². The van der Waals surface area contributed by atoms with Gasteiger partial charge in [-0.2, -0.15) is 13.2 Å². The van der Waals surface area contributed by atoms with Gasteiger partial charge in [-0.1, -0.05) is 54.6 Å². The van der Waals surface area contributed by atoms with Gasteiger partial charge in [0.1, 0.15) is 10.6 Å². The Morgan fingerprint density at radius 1 is 0.977 bits per heavy atom. The van der Waals surface area contributed by atoms with Crippen LogP contribution in [0, 0.1) is 0 Å². The number of methoxy groups -OCH3 is 1. The normalized spacial score (nSPS) is 15.5. The Bertz CT molecular complexity index is 1470. The third-order valence-corrected chi connectivity index (χ3v) is 9.03. The van der Waals surface area contributed by atoms with Crippen molar-refractivity contribution in [3.63, 3.8) is 0 Å². The van der Waals surface area contributed by atoms with Crippen LogP contribution in [0.5, 0.6) is 5.75 Å². The largest absolute Gasteiger partial charge is 0.495 e. The van der Waals surface area contributed by atoms with Crippen molar-refractivity contribution in [3.05, 3.63) is 83.4 Å². The number of nitrogens with zero attached hydrogens (tertiary/aromatic N) is 1. The number of ether oxygens (including phenoxy) is 1. The summed E-state index contributed by atoms with van der Waals surface area (Å²) in [6, 6.07) is 22.8. The number of hydrogen-bond donors (Lipinski definition) is 3. The second-order valence-electron chi connectivity index (χ2n) is 10.6. The fourth-order valence-corrected chi connectivity index (χ4v) is 6.48. The summed E-state index contributed by atoms with van der Waals surface area (Å²) in [7, 11) is -2.18. The molecule has 0 unspecified atom stereocenters. The Morgan fingerprint density at radius 3 is 2.12 bits per heavy atom. The lowest BCUT2D eigenvalue weighted by Gasteiger charge is -2.16. The van der Waals surface area contributed by atoms with Crippen molar-refractivity contribution in [2.75, 3.05) is 33.3 Å². The molecule has 1 aliphatic carbocycles. The average molecular weight is 620 g/mol. The molecule has 3 aromatic carbocycles. The van der Waals surface area contributed by atoms with Crippen molar-refractivity contribution in [1.82, 2.24) is 14.9 Å². The molecule has 43 heavy (non-hydrogen) atoms. The molecular weight excluding hydrogens is 583 g/mol. The standard InChI is InChI=1S/C29H35N3O3S.C2HF3O2/c1-35-28-13-12-26(20-29(28)36(33,34)31-14-17-32-15-4-5-16-32)23-10-8-22(9-11-23)21-30-27-18-24-6-2-3-7-25(24)19-27;3-2(4,5)1(6)7/h2-3,6-13,20,27,30-31H,4-5,14-19,21H2,1H3;(H,6,7). The van der Waals surface area contributed by atoms with Crippen molar-refractivity contribution in [2.45, 2.75) is 49.3 Å². The summed E-state index contributed by atoms with van der Waals surface area (Å²) >= 11 is 0. The zero-order valence-electron chi connectivity index (χ0n) is 23.9. The summed E-state index contributed by atoms with van der Waals surface area (Å²) in [6.45, 7) is 4.01. The third-order valence-electron chi connectivity index (χ3n) is 7.55. The van der Waals surface area contributed by atoms with Gasteiger partial charge in [0.2, 0.25) is 10.0 Å². The van der Waals surface area contributed by atoms with Crippen LogP contribution in [-0.4, -0.2) is 69.9 Å². The molecule has 5 rings (SSSR count). The zero-order valence-corrected chi connectivity index (χ0v) is 24.7. The molecule has 0 aromatic heterocycles. The van der Waals surface area contributed by atoms with Crippen LogP contribution < -0.4 is 14.8 Å². The van der Waals surface area contributed by atoms with Crippen LogP contribution in [0.3, 0.4) is 0 Å². The highest BCUT2D eigenvalue weighted by atomic mass is 32.2. The topological polar surface area (TPSA) is 108 Å². The Balaban J connectivity index is 0.000000541. The number of fused-ring (bicyclic) bond motifs is 1. The maximum atomic E-state index is 13.1. The first-order chi connectivity index (χ1) is 20.5. The molecule has 1 heterocycles. The van der Waals surface area contributed by atoms with Crippen LogP contribution in [0.15, 0.2) is 71.6 Å². The van der Waals surface area contributed by atoms with Crippen molar-refractivity contribution < 1.29 is 36.2 Å². The minimum atomic E-state index is -5.08. The van der Waals surface area contributed by atoms with Crippen LogP contribution in [-0.2, 0) is 34.2 Å². The molecule has 12 heteroatoms. The van der Waals surface area contributed by atoms with E-state index >= 15 is 0 Å². The number of sulfonamides is 1. The number of nitrogens with one attached hydrogen (secondary N) is 2. The first-order valence-corrected chi connectivity index (χ1v) is 15.5. The molecule has 0 saturated carbocycles. The Morgan fingerprint density at radius 2 is 1.56 bits per heavy atom. The lowest BCUT2D eigenvalue weighted by atomic mass is 10.0. The van der Waals surface area contributed by atoms with Crippen LogP contribution in [0.1, 0.15) is 29.5 Å². The number of likely N-dealkylation sites (tertiary alicyclic amines) is 1. The number of aliphatic carboxylic acids is 1. The van der Waals surface area contributed by atoms with E-state index in [4.69, 9.17) is 14.6 Å². The molecule has 0 atom stereocenters. The van der Waals surface area contributed by atoms with Gasteiger partial charge in [-0.05, 0) is 78.7 Å². The van der Waals surface area contributed by atoms with E-state index in [-0.39, 0.29) is 4.90 Å². The van der Waals surface area contributed by atoms with Crippen molar-refractivity contribution in [1.29, 1.82) is 0 Å². The number of alkyl halides is 3. The van der Waals surface area contributed by atoms with Crippen molar-refractivity contribution in [2.24, 2.45) is 0 Å². The molecule has 2 aliphatic rings. The monoisotopic (exact) mass is 619 g/mol. The highest BCUT2D eigenvalue weighted by Crippen LogP contribution is 2.30. The van der Waals surface area contributed by atoms with E-state index in [2.05, 4.69) is 63.5 Å². The Hall–Kier alpha value is -3.45. The summed E-state index contributed by atoms with van der Waals surface area (Å²) in [5.41, 5.74) is 5.92. The van der Waals surface area contributed by atoms with E-state index < -0.39 is 22.2 Å². The molecule has 1 saturated heterocycles. The van der Waals surface area contributed by atoms with Crippen LogP contribution in [0.2, 0.25) is 0 Å². The van der Waals surface area contributed by atoms with Gasteiger partial charge in [0, 0.05) is 25.7 Å². The predicted molar refractivity (Wildman–Crippen MR) is 157 cm³/mol. The van der Waals surface area contributed by atoms with E-state index in [9.17, 15) is 21.6 Å². The minimum absolute atomic E-state index is 0.176. The molecule has 0 bridgehead atoms. The Labute approximate surface area is 249 Å². The summed E-state index contributed by atoms with van der Waals surface area (Å²) in [5.74, 6) is -2.40. The maximum Gasteiger partial charge on any atom is 0.490 e. The molecule has 3 aromatic rings. The summed E-state index contributed by atoms with van der Waals surface area (Å²) in [4.78, 5) is 11.4. The molecule has 3 N–H and O–H groups in total. The minimum Gasteiger partial charge on any atom is -0.495 e. The fraction of sp³-hybridized carbons (Fsp3) is 0.387. The Kier molecular flexibility index (Phi) is 10.8. The van der Waals surface area contributed by atoms with Gasteiger partial charge in [-0.25, -0.2) is 17.9 Å². The van der Waals surface area contributed by atoms with Gasteiger partial charge in [0.25, 0.3) is 0 Å². The van der Waals surface area contributed by atoms with Gasteiger partial charge in [-0.15, -0.1) is 0 Å². The third kappa shape index (κ3) is 9.02. The second-order valence-corrected chi connectivity index (χ2v) is 12.3. The summed E-state index contributed by atoms with van der Waals surface area (Å²) in [5, 5.41) is 10.8. The van der Waals surface area contributed by atoms with E-state index in [0.29, 0.717) is 18.3 Å². The first kappa shape index (κ1) is 32.5. The SMILES string of the molecule is COc1ccc(-c2ccc(CNC3Cc4ccccc4C3)cc2)cc1S(=O)(=O)NCCN1CCCC1.O=C(O)C(F)(F)F. The molecule has 0 amide bonds. The predicted octanol–water partition coefficient (Wildman–Crippen LogP) is 4.63. The van der Waals surface area contributed by atoms with Crippen LogP contribution in [0.25, 0.3) is 11.1 Å². The van der Waals surface area contributed by atoms with Crippen molar-refractivity contribution >= 4 is 16.0 Å². The molecule has 0 spiro atoms. The van der Waals surface area contributed by atoms with Gasteiger partial charge in [0.15, 0.2) is 0 Å². The lowest BCUT2D eigenvalue weighted by molar-refractivity contribution is -0.192. The van der Waals surface area contributed by atoms with Crippen LogP contribution >= 0.6 is 0 Å². The highest BCUT2D eigenvalue weighted by Gasteiger charge is 2.38. The number of carbonyl (C=O) groups is 1. The number of hydrogen-bond acceptors (Lipinski definition) is 6. The average Bonchev–Trinajstić information content (AvgIpc) is 3.65. The maximum absolute atomic E-state index is 13.1. The molecule has 1 aliphatic heterocycles. The molecular formula is C31H36F3N3O5S. The quantitative estimate of drug-likeness (QED) is 0.304. The van der Waals surface area contributed by atoms with Gasteiger partial charge in [0.05, 0.1) is 7.11 Å². The van der Waals surface area contributed by atoms with E-state index in [1.807, 2.05) is 6.07 Å².